The van der Waals surface area contributed by atoms with Gasteiger partial charge < -0.3 is 9.52 Å². The van der Waals surface area contributed by atoms with Gasteiger partial charge in [-0.05, 0) is 29.6 Å². The lowest BCUT2D eigenvalue weighted by Crippen LogP contribution is -1.99. The van der Waals surface area contributed by atoms with Gasteiger partial charge in [0.05, 0.1) is 4.88 Å². The Morgan fingerprint density at radius 2 is 2.10 bits per heavy atom. The summed E-state index contributed by atoms with van der Waals surface area (Å²) in [5.41, 5.74) is 0.536. The smallest absolute Gasteiger partial charge is 0.358 e. The molecule has 0 saturated heterocycles. The van der Waals surface area contributed by atoms with Crippen LogP contribution in [0.25, 0.3) is 22.1 Å². The molecular formula is C14H7Br2NO3S. The summed E-state index contributed by atoms with van der Waals surface area (Å²) < 4.78 is 7.27. The summed E-state index contributed by atoms with van der Waals surface area (Å²) >= 11 is 8.22. The monoisotopic (exact) mass is 427 g/mol. The molecule has 3 rings (SSSR count). The third-order valence-electron chi connectivity index (χ3n) is 2.73. The van der Waals surface area contributed by atoms with Gasteiger partial charge in [0.1, 0.15) is 0 Å². The number of benzene rings is 1. The number of thiophene rings is 1. The molecule has 4 nitrogen and oxygen atoms in total. The van der Waals surface area contributed by atoms with Gasteiger partial charge in [0, 0.05) is 14.5 Å². The van der Waals surface area contributed by atoms with E-state index in [0.717, 1.165) is 13.8 Å². The number of aromatic carboxylic acids is 1. The number of hydrogen-bond acceptors (Lipinski definition) is 4. The van der Waals surface area contributed by atoms with E-state index in [0.29, 0.717) is 11.5 Å². The maximum Gasteiger partial charge on any atom is 0.358 e. The van der Waals surface area contributed by atoms with Crippen molar-refractivity contribution in [2.75, 3.05) is 0 Å². The molecule has 2 aromatic heterocycles. The molecule has 2 heterocycles. The number of carboxylic acids is 1. The number of hydrogen-bond donors (Lipinski definition) is 1. The molecular weight excluding hydrogens is 422 g/mol. The number of oxazole rings is 1. The van der Waals surface area contributed by atoms with Crippen molar-refractivity contribution in [3.05, 3.63) is 50.4 Å². The predicted octanol–water partition coefficient (Wildman–Crippen LogP) is 5.29. The average molecular weight is 429 g/mol. The molecule has 7 heteroatoms. The van der Waals surface area contributed by atoms with Gasteiger partial charge in [0.2, 0.25) is 5.89 Å². The van der Waals surface area contributed by atoms with Gasteiger partial charge in [0.15, 0.2) is 11.5 Å². The Kier molecular flexibility index (Phi) is 3.97. The lowest BCUT2D eigenvalue weighted by atomic mass is 10.1. The zero-order chi connectivity index (χ0) is 15.0. The van der Waals surface area contributed by atoms with E-state index in [1.54, 1.807) is 6.07 Å². The first-order valence-corrected chi connectivity index (χ1v) is 8.26. The third-order valence-corrected chi connectivity index (χ3v) is 4.78. The van der Waals surface area contributed by atoms with Crippen LogP contribution in [0.5, 0.6) is 0 Å². The van der Waals surface area contributed by atoms with Crippen molar-refractivity contribution in [2.24, 2.45) is 0 Å². The molecule has 0 radical (unpaired) electrons. The van der Waals surface area contributed by atoms with Crippen molar-refractivity contribution >= 4 is 49.2 Å². The zero-order valence-electron chi connectivity index (χ0n) is 10.3. The number of carbonyl (C=O) groups is 1. The number of carboxylic acid groups (broad SMARTS) is 1. The van der Waals surface area contributed by atoms with Crippen LogP contribution in [-0.4, -0.2) is 16.1 Å². The Hall–Kier alpha value is -1.44. The number of aromatic nitrogens is 1. The highest BCUT2D eigenvalue weighted by Crippen LogP contribution is 2.36. The second kappa shape index (κ2) is 5.75. The van der Waals surface area contributed by atoms with E-state index in [1.165, 1.54) is 11.3 Å². The molecule has 0 spiro atoms. The van der Waals surface area contributed by atoms with Gasteiger partial charge in [-0.25, -0.2) is 9.78 Å². The van der Waals surface area contributed by atoms with Crippen LogP contribution >= 0.6 is 43.2 Å². The van der Waals surface area contributed by atoms with Crippen molar-refractivity contribution in [2.45, 2.75) is 0 Å². The van der Waals surface area contributed by atoms with Crippen LogP contribution in [0.15, 0.2) is 49.1 Å². The Labute approximate surface area is 140 Å². The molecule has 0 aliphatic rings. The second-order valence-corrected chi connectivity index (χ2v) is 6.82. The summed E-state index contributed by atoms with van der Waals surface area (Å²) in [5, 5.41) is 11.2. The van der Waals surface area contributed by atoms with Crippen molar-refractivity contribution in [3.63, 3.8) is 0 Å². The van der Waals surface area contributed by atoms with Crippen molar-refractivity contribution < 1.29 is 14.3 Å². The van der Waals surface area contributed by atoms with Gasteiger partial charge in [-0.2, -0.15) is 0 Å². The topological polar surface area (TPSA) is 63.3 Å². The summed E-state index contributed by atoms with van der Waals surface area (Å²) in [5.74, 6) is -0.577. The fourth-order valence-electron chi connectivity index (χ4n) is 1.82. The predicted molar refractivity (Wildman–Crippen MR) is 87.6 cm³/mol. The Morgan fingerprint density at radius 1 is 1.29 bits per heavy atom. The molecule has 0 atom stereocenters. The minimum absolute atomic E-state index is 0.0998. The van der Waals surface area contributed by atoms with Gasteiger partial charge >= 0.3 is 5.97 Å². The van der Waals surface area contributed by atoms with E-state index in [-0.39, 0.29) is 11.5 Å². The third kappa shape index (κ3) is 2.81. The summed E-state index contributed by atoms with van der Waals surface area (Å²) in [6, 6.07) is 9.15. The Morgan fingerprint density at radius 3 is 2.76 bits per heavy atom. The van der Waals surface area contributed by atoms with E-state index in [9.17, 15) is 9.90 Å². The summed E-state index contributed by atoms with van der Waals surface area (Å²) in [6.45, 7) is 0. The molecule has 0 saturated carbocycles. The molecule has 1 N–H and O–H groups in total. The van der Waals surface area contributed by atoms with Gasteiger partial charge in [-0.3, -0.25) is 0 Å². The highest BCUT2D eigenvalue weighted by Gasteiger charge is 2.23. The summed E-state index contributed by atoms with van der Waals surface area (Å²) in [4.78, 5) is 16.3. The molecule has 0 aliphatic carbocycles. The van der Waals surface area contributed by atoms with Crippen LogP contribution in [0.4, 0.5) is 0 Å². The van der Waals surface area contributed by atoms with Crippen LogP contribution in [-0.2, 0) is 0 Å². The molecule has 0 unspecified atom stereocenters. The Balaban J connectivity index is 2.21. The highest BCUT2D eigenvalue weighted by atomic mass is 79.9. The van der Waals surface area contributed by atoms with E-state index in [4.69, 9.17) is 4.42 Å². The Bertz CT molecular complexity index is 812. The molecule has 106 valence electrons. The lowest BCUT2D eigenvalue weighted by Gasteiger charge is -2.02. The summed E-state index contributed by atoms with van der Waals surface area (Å²) in [6.07, 6.45) is 0. The SMILES string of the molecule is O=C(O)c1nc(-c2cccs2)oc1-c1cc(Br)ccc1Br. The zero-order valence-corrected chi connectivity index (χ0v) is 14.3. The van der Waals surface area contributed by atoms with Gasteiger partial charge in [-0.15, -0.1) is 11.3 Å². The largest absolute Gasteiger partial charge is 0.476 e. The molecule has 3 aromatic rings. The minimum Gasteiger partial charge on any atom is -0.476 e. The molecule has 0 fully saturated rings. The molecule has 0 aliphatic heterocycles. The van der Waals surface area contributed by atoms with Crippen LogP contribution < -0.4 is 0 Å². The number of nitrogens with zero attached hydrogens (tertiary/aromatic N) is 1. The van der Waals surface area contributed by atoms with Gasteiger partial charge in [-0.1, -0.05) is 37.9 Å². The van der Waals surface area contributed by atoms with E-state index < -0.39 is 5.97 Å². The second-order valence-electron chi connectivity index (χ2n) is 4.10. The van der Waals surface area contributed by atoms with Crippen molar-refractivity contribution in [1.29, 1.82) is 0 Å². The number of halogens is 2. The maximum absolute atomic E-state index is 11.4. The molecule has 0 amide bonds. The summed E-state index contributed by atoms with van der Waals surface area (Å²) in [7, 11) is 0. The average Bonchev–Trinajstić information content (AvgIpc) is 3.09. The lowest BCUT2D eigenvalue weighted by molar-refractivity contribution is 0.0691. The highest BCUT2D eigenvalue weighted by molar-refractivity contribution is 9.11. The van der Waals surface area contributed by atoms with Gasteiger partial charge in [0.25, 0.3) is 0 Å². The van der Waals surface area contributed by atoms with Crippen molar-refractivity contribution in [1.82, 2.24) is 4.98 Å². The molecule has 21 heavy (non-hydrogen) atoms. The van der Waals surface area contributed by atoms with Crippen LogP contribution in [0.2, 0.25) is 0 Å². The molecule has 0 bridgehead atoms. The fraction of sp³-hybridized carbons (Fsp3) is 0. The van der Waals surface area contributed by atoms with E-state index in [1.807, 2.05) is 29.6 Å². The van der Waals surface area contributed by atoms with Crippen LogP contribution in [0, 0.1) is 0 Å². The van der Waals surface area contributed by atoms with Crippen LogP contribution in [0.1, 0.15) is 10.5 Å². The first-order chi connectivity index (χ1) is 10.1. The first-order valence-electron chi connectivity index (χ1n) is 5.79. The van der Waals surface area contributed by atoms with E-state index >= 15 is 0 Å². The first kappa shape index (κ1) is 14.5. The van der Waals surface area contributed by atoms with Crippen LogP contribution in [0.3, 0.4) is 0 Å². The fourth-order valence-corrected chi connectivity index (χ4v) is 3.26. The normalized spacial score (nSPS) is 10.8. The maximum atomic E-state index is 11.4. The van der Waals surface area contributed by atoms with Crippen molar-refractivity contribution in [3.8, 4) is 22.1 Å². The quantitative estimate of drug-likeness (QED) is 0.615. The standard InChI is InChI=1S/C14H7Br2NO3S/c15-7-3-4-9(16)8(6-7)12-11(14(18)19)17-13(20-12)10-2-1-5-21-10/h1-6H,(H,18,19). The number of rotatable bonds is 3. The minimum atomic E-state index is -1.12. The molecule has 1 aromatic carbocycles. The van der Waals surface area contributed by atoms with E-state index in [2.05, 4.69) is 36.8 Å².